The molecule has 0 spiro atoms. The fourth-order valence-electron chi connectivity index (χ4n) is 6.96. The maximum atomic E-state index is 13.5. The highest BCUT2D eigenvalue weighted by atomic mass is 16.2. The van der Waals surface area contributed by atoms with Gasteiger partial charge in [0.15, 0.2) is 5.78 Å². The molecule has 0 aliphatic carbocycles. The van der Waals surface area contributed by atoms with Crippen molar-refractivity contribution >= 4 is 29.2 Å². The Balaban J connectivity index is 4.47. The van der Waals surface area contributed by atoms with E-state index in [9.17, 15) is 24.0 Å². The Morgan fingerprint density at radius 3 is 1.51 bits per heavy atom. The van der Waals surface area contributed by atoms with Gasteiger partial charge in [0.25, 0.3) is 0 Å². The molecule has 0 saturated carbocycles. The highest BCUT2D eigenvalue weighted by Gasteiger charge is 2.27. The Kier molecular flexibility index (Phi) is 35.3. The van der Waals surface area contributed by atoms with E-state index < -0.39 is 12.0 Å². The topological polar surface area (TPSA) is 187 Å². The molecule has 0 aliphatic heterocycles. The average molecular weight is 750 g/mol. The van der Waals surface area contributed by atoms with E-state index in [1.807, 2.05) is 0 Å². The molecule has 0 bridgehead atoms. The van der Waals surface area contributed by atoms with E-state index in [1.165, 1.54) is 32.1 Å². The quantitative estimate of drug-likeness (QED) is 0.0393. The number of rotatable bonds is 40. The summed E-state index contributed by atoms with van der Waals surface area (Å²) in [5.74, 6) is -0.462. The number of nitrogens with one attached hydrogen (secondary N) is 2. The van der Waals surface area contributed by atoms with E-state index in [0.717, 1.165) is 116 Å². The van der Waals surface area contributed by atoms with Crippen LogP contribution in [0.25, 0.3) is 0 Å². The lowest BCUT2D eigenvalue weighted by atomic mass is 9.91. The lowest BCUT2D eigenvalue weighted by molar-refractivity contribution is -0.132. The van der Waals surface area contributed by atoms with Crippen LogP contribution in [-0.2, 0) is 24.0 Å². The van der Waals surface area contributed by atoms with Crippen molar-refractivity contribution < 1.29 is 24.0 Å². The van der Waals surface area contributed by atoms with Crippen LogP contribution in [0.15, 0.2) is 0 Å². The average Bonchev–Trinajstić information content (AvgIpc) is 3.13. The molecule has 3 atom stereocenters. The zero-order chi connectivity index (χ0) is 39.4. The van der Waals surface area contributed by atoms with Gasteiger partial charge in [0.1, 0.15) is 11.6 Å². The van der Waals surface area contributed by atoms with Gasteiger partial charge in [0.2, 0.25) is 11.8 Å². The summed E-state index contributed by atoms with van der Waals surface area (Å²) < 4.78 is 0. The van der Waals surface area contributed by atoms with Crippen molar-refractivity contribution in [2.24, 2.45) is 29.0 Å². The summed E-state index contributed by atoms with van der Waals surface area (Å²) in [6.45, 7) is 6.11. The number of hydrogen-bond donors (Lipinski definition) is 5. The van der Waals surface area contributed by atoms with Gasteiger partial charge in [-0.25, -0.2) is 0 Å². The summed E-state index contributed by atoms with van der Waals surface area (Å²) in [4.78, 5) is 63.8. The highest BCUT2D eigenvalue weighted by Crippen LogP contribution is 2.19. The fraction of sp³-hybridized carbons (Fsp3) is 0.884. The molecule has 0 aromatic heterocycles. The van der Waals surface area contributed by atoms with E-state index in [1.54, 1.807) is 6.92 Å². The molecule has 0 aromatic carbocycles. The zero-order valence-electron chi connectivity index (χ0n) is 34.3. The first-order valence-electron chi connectivity index (χ1n) is 21.9. The van der Waals surface area contributed by atoms with Crippen LogP contribution in [0.5, 0.6) is 0 Å². The minimum Gasteiger partial charge on any atom is -0.356 e. The standard InChI is InChI=1S/C43H83N5O5/c1-3-4-5-6-10-14-17-29-42(52)48-40(28-20-23-32-46)41(51)35-38(26-19-22-31-45)43(53)47-33-24-15-12-9-7-8-11-13-16-27-39(50)34-37(36(2)49)25-18-21-30-44/h37-38,40H,3-35,44-46H2,1-2H3,(H,47,53)(H,48,52). The normalized spacial score (nSPS) is 13.0. The van der Waals surface area contributed by atoms with Crippen LogP contribution in [0.1, 0.15) is 200 Å². The molecule has 0 rings (SSSR count). The first-order chi connectivity index (χ1) is 25.7. The zero-order valence-corrected chi connectivity index (χ0v) is 34.3. The second kappa shape index (κ2) is 36.8. The molecule has 8 N–H and O–H groups in total. The number of hydrogen-bond acceptors (Lipinski definition) is 8. The maximum Gasteiger partial charge on any atom is 0.223 e. The van der Waals surface area contributed by atoms with Gasteiger partial charge in [0, 0.05) is 44.1 Å². The molecule has 310 valence electrons. The van der Waals surface area contributed by atoms with Crippen LogP contribution in [0, 0.1) is 11.8 Å². The summed E-state index contributed by atoms with van der Waals surface area (Å²) in [6, 6.07) is -0.576. The van der Waals surface area contributed by atoms with Gasteiger partial charge in [0.05, 0.1) is 6.04 Å². The summed E-state index contributed by atoms with van der Waals surface area (Å²) >= 11 is 0. The van der Waals surface area contributed by atoms with Crippen molar-refractivity contribution in [3.05, 3.63) is 0 Å². The molecule has 10 nitrogen and oxygen atoms in total. The van der Waals surface area contributed by atoms with Crippen molar-refractivity contribution in [2.45, 2.75) is 206 Å². The molecule has 0 heterocycles. The monoisotopic (exact) mass is 750 g/mol. The van der Waals surface area contributed by atoms with Crippen LogP contribution in [-0.4, -0.2) is 61.4 Å². The van der Waals surface area contributed by atoms with Crippen LogP contribution >= 0.6 is 0 Å². The summed E-state index contributed by atoms with van der Waals surface area (Å²) in [7, 11) is 0. The number of ketones is 3. The predicted octanol–water partition coefficient (Wildman–Crippen LogP) is 7.76. The van der Waals surface area contributed by atoms with Gasteiger partial charge in [-0.3, -0.25) is 24.0 Å². The van der Waals surface area contributed by atoms with Crippen LogP contribution < -0.4 is 27.8 Å². The number of carbonyl (C=O) groups excluding carboxylic acids is 5. The second-order valence-corrected chi connectivity index (χ2v) is 15.5. The molecule has 0 radical (unpaired) electrons. The van der Waals surface area contributed by atoms with Crippen molar-refractivity contribution in [3.63, 3.8) is 0 Å². The number of Topliss-reactive ketones (excluding diaryl/α,β-unsaturated/α-hetero) is 3. The summed E-state index contributed by atoms with van der Waals surface area (Å²) in [6.07, 6.45) is 25.9. The minimum absolute atomic E-state index is 0.0647. The van der Waals surface area contributed by atoms with Gasteiger partial charge in [-0.2, -0.15) is 0 Å². The smallest absolute Gasteiger partial charge is 0.223 e. The largest absolute Gasteiger partial charge is 0.356 e. The third kappa shape index (κ3) is 30.8. The van der Waals surface area contributed by atoms with Crippen LogP contribution in [0.2, 0.25) is 0 Å². The molecule has 0 aromatic rings. The van der Waals surface area contributed by atoms with E-state index in [2.05, 4.69) is 17.6 Å². The molecule has 0 saturated heterocycles. The Morgan fingerprint density at radius 1 is 0.509 bits per heavy atom. The lowest BCUT2D eigenvalue weighted by Crippen LogP contribution is -2.43. The number of amides is 2. The molecule has 3 unspecified atom stereocenters. The Hall–Kier alpha value is -2.17. The van der Waals surface area contributed by atoms with Crippen molar-refractivity contribution in [2.75, 3.05) is 26.2 Å². The molecular weight excluding hydrogens is 667 g/mol. The SMILES string of the molecule is CCCCCCCCCC(=O)NC(CCCCN)C(=O)CC(CCCCN)C(=O)NCCCCCCCCCCCC(=O)CC(CCCCN)C(C)=O. The van der Waals surface area contributed by atoms with Crippen molar-refractivity contribution in [3.8, 4) is 0 Å². The molecule has 0 aliphatic rings. The summed E-state index contributed by atoms with van der Waals surface area (Å²) in [5.41, 5.74) is 17.0. The van der Waals surface area contributed by atoms with Gasteiger partial charge < -0.3 is 27.8 Å². The third-order valence-corrected chi connectivity index (χ3v) is 10.5. The summed E-state index contributed by atoms with van der Waals surface area (Å²) in [5, 5.41) is 6.09. The van der Waals surface area contributed by atoms with Gasteiger partial charge in [-0.15, -0.1) is 0 Å². The van der Waals surface area contributed by atoms with E-state index >= 15 is 0 Å². The van der Waals surface area contributed by atoms with Gasteiger partial charge in [-0.05, 0) is 90.8 Å². The first-order valence-corrected chi connectivity index (χ1v) is 21.9. The Bertz CT molecular complexity index is 946. The molecular formula is C43H83N5O5. The molecule has 0 fully saturated rings. The second-order valence-electron chi connectivity index (χ2n) is 15.5. The number of carbonyl (C=O) groups is 5. The van der Waals surface area contributed by atoms with Crippen molar-refractivity contribution in [1.29, 1.82) is 0 Å². The highest BCUT2D eigenvalue weighted by molar-refractivity contribution is 5.92. The maximum absolute atomic E-state index is 13.5. The first kappa shape index (κ1) is 50.8. The third-order valence-electron chi connectivity index (χ3n) is 10.5. The minimum atomic E-state index is -0.576. The van der Waals surface area contributed by atoms with Crippen molar-refractivity contribution in [1.82, 2.24) is 10.6 Å². The van der Waals surface area contributed by atoms with E-state index in [-0.39, 0.29) is 41.5 Å². The van der Waals surface area contributed by atoms with E-state index in [0.29, 0.717) is 58.3 Å². The van der Waals surface area contributed by atoms with Gasteiger partial charge >= 0.3 is 0 Å². The van der Waals surface area contributed by atoms with Crippen LogP contribution in [0.3, 0.4) is 0 Å². The van der Waals surface area contributed by atoms with Gasteiger partial charge in [-0.1, -0.05) is 103 Å². The van der Waals surface area contributed by atoms with E-state index in [4.69, 9.17) is 17.2 Å². The molecule has 10 heteroatoms. The Labute approximate surface area is 324 Å². The molecule has 53 heavy (non-hydrogen) atoms. The van der Waals surface area contributed by atoms with Crippen LogP contribution in [0.4, 0.5) is 0 Å². The number of unbranched alkanes of at least 4 members (excludes halogenated alkanes) is 17. The molecule has 2 amide bonds. The predicted molar refractivity (Wildman–Crippen MR) is 219 cm³/mol. The fourth-order valence-corrected chi connectivity index (χ4v) is 6.96. The lowest BCUT2D eigenvalue weighted by Gasteiger charge is -2.22. The number of nitrogens with two attached hydrogens (primary N) is 3. The Morgan fingerprint density at radius 2 is 0.981 bits per heavy atom.